The van der Waals surface area contributed by atoms with Gasteiger partial charge in [-0.25, -0.2) is 4.79 Å². The van der Waals surface area contributed by atoms with Gasteiger partial charge in [0.1, 0.15) is 23.0 Å². The van der Waals surface area contributed by atoms with Gasteiger partial charge in [0.05, 0.1) is 20.8 Å². The number of nitrogens with one attached hydrogen (secondary N) is 1. The number of anilines is 1. The number of carboxylic acid groups (broad SMARTS) is 1. The zero-order chi connectivity index (χ0) is 22.5. The topological polar surface area (TPSA) is 80.9 Å². The lowest BCUT2D eigenvalue weighted by molar-refractivity contribution is -0.131. The molecule has 0 aliphatic heterocycles. The SMILES string of the molecule is COc1c(C)c(-c2ccc(NCc3ccc(C)o3)cc2)c(OC)c(C)c1C=CC(=O)O. The van der Waals surface area contributed by atoms with E-state index >= 15 is 0 Å². The van der Waals surface area contributed by atoms with Crippen molar-refractivity contribution in [3.05, 3.63) is 70.7 Å². The molecule has 0 atom stereocenters. The van der Waals surface area contributed by atoms with Gasteiger partial charge in [0.25, 0.3) is 0 Å². The quantitative estimate of drug-likeness (QED) is 0.461. The van der Waals surface area contributed by atoms with E-state index in [0.29, 0.717) is 23.6 Å². The minimum atomic E-state index is -1.02. The molecule has 0 fully saturated rings. The number of rotatable bonds is 8. The van der Waals surface area contributed by atoms with Crippen LogP contribution in [-0.2, 0) is 11.3 Å². The van der Waals surface area contributed by atoms with Gasteiger partial charge < -0.3 is 24.3 Å². The molecule has 0 bridgehead atoms. The van der Waals surface area contributed by atoms with Crippen LogP contribution in [0.15, 0.2) is 46.9 Å². The molecule has 0 spiro atoms. The third kappa shape index (κ3) is 4.74. The van der Waals surface area contributed by atoms with Crippen molar-refractivity contribution in [2.45, 2.75) is 27.3 Å². The molecule has 6 nitrogen and oxygen atoms in total. The van der Waals surface area contributed by atoms with Crippen LogP contribution >= 0.6 is 0 Å². The first-order chi connectivity index (χ1) is 14.8. The number of carboxylic acids is 1. The number of aryl methyl sites for hydroxylation is 1. The highest BCUT2D eigenvalue weighted by Gasteiger charge is 2.21. The van der Waals surface area contributed by atoms with Gasteiger partial charge in [-0.1, -0.05) is 12.1 Å². The Morgan fingerprint density at radius 3 is 2.23 bits per heavy atom. The summed E-state index contributed by atoms with van der Waals surface area (Å²) in [6.45, 7) is 6.37. The first kappa shape index (κ1) is 22.0. The predicted molar refractivity (Wildman–Crippen MR) is 122 cm³/mol. The maximum absolute atomic E-state index is 11.0. The molecule has 0 saturated carbocycles. The second-order valence-corrected chi connectivity index (χ2v) is 7.22. The summed E-state index contributed by atoms with van der Waals surface area (Å²) in [4.78, 5) is 11.0. The van der Waals surface area contributed by atoms with Crippen molar-refractivity contribution >= 4 is 17.7 Å². The van der Waals surface area contributed by atoms with Gasteiger partial charge in [-0.2, -0.15) is 0 Å². The maximum Gasteiger partial charge on any atom is 0.328 e. The van der Waals surface area contributed by atoms with E-state index in [4.69, 9.17) is 19.0 Å². The average molecular weight is 421 g/mol. The van der Waals surface area contributed by atoms with Crippen molar-refractivity contribution < 1.29 is 23.8 Å². The predicted octanol–water partition coefficient (Wildman–Crippen LogP) is 5.60. The van der Waals surface area contributed by atoms with E-state index < -0.39 is 5.97 Å². The van der Waals surface area contributed by atoms with Crippen LogP contribution in [0, 0.1) is 20.8 Å². The molecule has 0 aliphatic carbocycles. The zero-order valence-electron chi connectivity index (χ0n) is 18.4. The summed E-state index contributed by atoms with van der Waals surface area (Å²) in [6, 6.07) is 12.0. The summed E-state index contributed by atoms with van der Waals surface area (Å²) in [5, 5.41) is 12.4. The monoisotopic (exact) mass is 421 g/mol. The number of benzene rings is 2. The largest absolute Gasteiger partial charge is 0.496 e. The number of carbonyl (C=O) groups is 1. The Morgan fingerprint density at radius 2 is 1.68 bits per heavy atom. The van der Waals surface area contributed by atoms with Gasteiger partial charge in [-0.05, 0) is 56.7 Å². The smallest absolute Gasteiger partial charge is 0.328 e. The molecule has 2 aromatic carbocycles. The van der Waals surface area contributed by atoms with Gasteiger partial charge in [0, 0.05) is 34.0 Å². The summed E-state index contributed by atoms with van der Waals surface area (Å²) < 4.78 is 17.0. The standard InChI is InChI=1S/C25H27NO5/c1-15-6-11-20(31-15)14-26-19-9-7-18(8-10-19)23-17(3)24(29-4)21(12-13-22(27)28)16(2)25(23)30-5/h6-13,26H,14H2,1-5H3,(H,27,28). The zero-order valence-corrected chi connectivity index (χ0v) is 18.4. The molecule has 0 radical (unpaired) electrons. The number of methoxy groups -OCH3 is 2. The van der Waals surface area contributed by atoms with E-state index in [1.807, 2.05) is 57.2 Å². The molecule has 0 aliphatic rings. The molecule has 31 heavy (non-hydrogen) atoms. The van der Waals surface area contributed by atoms with E-state index in [-0.39, 0.29) is 0 Å². The molecule has 3 aromatic rings. The fraction of sp³-hybridized carbons (Fsp3) is 0.240. The van der Waals surface area contributed by atoms with Gasteiger partial charge in [0.2, 0.25) is 0 Å². The highest BCUT2D eigenvalue weighted by Crippen LogP contribution is 2.44. The lowest BCUT2D eigenvalue weighted by Gasteiger charge is -2.21. The highest BCUT2D eigenvalue weighted by molar-refractivity contribution is 5.89. The second kappa shape index (κ2) is 9.43. The molecule has 3 rings (SSSR count). The van der Waals surface area contributed by atoms with Crippen LogP contribution in [0.4, 0.5) is 5.69 Å². The van der Waals surface area contributed by atoms with Crippen LogP contribution in [0.25, 0.3) is 17.2 Å². The molecule has 0 unspecified atom stereocenters. The normalized spacial score (nSPS) is 11.0. The van der Waals surface area contributed by atoms with Crippen molar-refractivity contribution in [1.82, 2.24) is 0 Å². The molecule has 0 saturated heterocycles. The van der Waals surface area contributed by atoms with Crippen molar-refractivity contribution in [2.75, 3.05) is 19.5 Å². The third-order valence-electron chi connectivity index (χ3n) is 5.17. The fourth-order valence-corrected chi connectivity index (χ4v) is 3.71. The molecule has 6 heteroatoms. The van der Waals surface area contributed by atoms with Gasteiger partial charge in [-0.3, -0.25) is 0 Å². The van der Waals surface area contributed by atoms with E-state index in [9.17, 15) is 4.79 Å². The van der Waals surface area contributed by atoms with Crippen molar-refractivity contribution in [3.8, 4) is 22.6 Å². The summed E-state index contributed by atoms with van der Waals surface area (Å²) in [5.41, 5.74) is 5.24. The number of aliphatic carboxylic acids is 1. The van der Waals surface area contributed by atoms with Crippen LogP contribution in [0.2, 0.25) is 0 Å². The third-order valence-corrected chi connectivity index (χ3v) is 5.17. The summed E-state index contributed by atoms with van der Waals surface area (Å²) in [6.07, 6.45) is 2.64. The van der Waals surface area contributed by atoms with Gasteiger partial charge >= 0.3 is 5.97 Å². The molecule has 162 valence electrons. The highest BCUT2D eigenvalue weighted by atomic mass is 16.5. The summed E-state index contributed by atoms with van der Waals surface area (Å²) in [7, 11) is 3.20. The molecular formula is C25H27NO5. The van der Waals surface area contributed by atoms with E-state index in [1.54, 1.807) is 20.3 Å². The lowest BCUT2D eigenvalue weighted by atomic mass is 9.91. The van der Waals surface area contributed by atoms with E-state index in [2.05, 4.69) is 5.32 Å². The van der Waals surface area contributed by atoms with Crippen molar-refractivity contribution in [3.63, 3.8) is 0 Å². The minimum absolute atomic E-state index is 0.604. The van der Waals surface area contributed by atoms with Gasteiger partial charge in [-0.15, -0.1) is 0 Å². The van der Waals surface area contributed by atoms with Gasteiger partial charge in [0.15, 0.2) is 0 Å². The van der Waals surface area contributed by atoms with Crippen LogP contribution in [-0.4, -0.2) is 25.3 Å². The first-order valence-corrected chi connectivity index (χ1v) is 9.91. The molecule has 1 aromatic heterocycles. The minimum Gasteiger partial charge on any atom is -0.496 e. The molecule has 1 heterocycles. The summed E-state index contributed by atoms with van der Waals surface area (Å²) >= 11 is 0. The average Bonchev–Trinajstić information content (AvgIpc) is 3.17. The van der Waals surface area contributed by atoms with Crippen LogP contribution < -0.4 is 14.8 Å². The van der Waals surface area contributed by atoms with Crippen LogP contribution in [0.5, 0.6) is 11.5 Å². The second-order valence-electron chi connectivity index (χ2n) is 7.22. The Bertz CT molecular complexity index is 1110. The Balaban J connectivity index is 1.97. The Hall–Kier alpha value is -3.67. The van der Waals surface area contributed by atoms with Crippen LogP contribution in [0.3, 0.4) is 0 Å². The Kier molecular flexibility index (Phi) is 6.70. The first-order valence-electron chi connectivity index (χ1n) is 9.91. The number of hydrogen-bond donors (Lipinski definition) is 2. The van der Waals surface area contributed by atoms with E-state index in [0.717, 1.165) is 45.5 Å². The number of hydrogen-bond acceptors (Lipinski definition) is 5. The van der Waals surface area contributed by atoms with Crippen LogP contribution in [0.1, 0.15) is 28.2 Å². The lowest BCUT2D eigenvalue weighted by Crippen LogP contribution is -2.02. The molecule has 0 amide bonds. The number of furan rings is 1. The maximum atomic E-state index is 11.0. The summed E-state index contributed by atoms with van der Waals surface area (Å²) in [5.74, 6) is 2.07. The van der Waals surface area contributed by atoms with Crippen molar-refractivity contribution in [1.29, 1.82) is 0 Å². The number of ether oxygens (including phenoxy) is 2. The Morgan fingerprint density at radius 1 is 1.00 bits per heavy atom. The van der Waals surface area contributed by atoms with Crippen molar-refractivity contribution in [2.24, 2.45) is 0 Å². The Labute approximate surface area is 182 Å². The molecule has 2 N–H and O–H groups in total. The molecular weight excluding hydrogens is 394 g/mol. The fourth-order valence-electron chi connectivity index (χ4n) is 3.71. The van der Waals surface area contributed by atoms with E-state index in [1.165, 1.54) is 0 Å².